The molecule has 188 valence electrons. The Labute approximate surface area is 214 Å². The molecular formula is C31H37N3O2. The van der Waals surface area contributed by atoms with E-state index in [0.29, 0.717) is 18.5 Å². The molecule has 1 aromatic carbocycles. The molecule has 0 N–H and O–H groups in total. The average Bonchev–Trinajstić information content (AvgIpc) is 3.09. The van der Waals surface area contributed by atoms with Crippen molar-refractivity contribution >= 4 is 5.91 Å². The Kier molecular flexibility index (Phi) is 6.36. The molecule has 1 saturated carbocycles. The van der Waals surface area contributed by atoms with Crippen LogP contribution in [0.1, 0.15) is 73.0 Å². The van der Waals surface area contributed by atoms with Gasteiger partial charge in [-0.25, -0.2) is 0 Å². The van der Waals surface area contributed by atoms with Crippen molar-refractivity contribution in [1.29, 1.82) is 0 Å². The van der Waals surface area contributed by atoms with E-state index in [1.54, 1.807) is 12.3 Å². The fourth-order valence-electron chi connectivity index (χ4n) is 6.94. The van der Waals surface area contributed by atoms with E-state index in [4.69, 9.17) is 0 Å². The van der Waals surface area contributed by atoms with Crippen molar-refractivity contribution in [1.82, 2.24) is 14.5 Å². The number of likely N-dealkylation sites (tertiary alicyclic amines) is 1. The first kappa shape index (κ1) is 24.5. The lowest BCUT2D eigenvalue weighted by atomic mass is 9.65. The summed E-state index contributed by atoms with van der Waals surface area (Å²) >= 11 is 0. The topological polar surface area (TPSA) is 55.2 Å². The standard InChI is InChI=1S/C31H37N3O2/c1-22-16-27(35)28(29(36)34-21-31(4)18-25(34)17-30(2,3)20-31)26(14-13-23-10-6-5-7-11-23)33(22)19-24-12-8-9-15-32-24/h5-12,15-16,25H,13-14,17-21H2,1-4H3/t25-,31+/m0/s1. The Morgan fingerprint density at radius 3 is 2.50 bits per heavy atom. The van der Waals surface area contributed by atoms with Gasteiger partial charge in [0, 0.05) is 36.2 Å². The smallest absolute Gasteiger partial charge is 0.259 e. The van der Waals surface area contributed by atoms with Crippen LogP contribution in [0.5, 0.6) is 0 Å². The number of rotatable bonds is 6. The minimum atomic E-state index is -0.163. The summed E-state index contributed by atoms with van der Waals surface area (Å²) in [5, 5.41) is 0. The summed E-state index contributed by atoms with van der Waals surface area (Å²) in [6.07, 6.45) is 6.29. The number of nitrogens with zero attached hydrogens (tertiary/aromatic N) is 3. The fraction of sp³-hybridized carbons (Fsp3) is 0.452. The van der Waals surface area contributed by atoms with Gasteiger partial charge in [0.1, 0.15) is 5.56 Å². The minimum absolute atomic E-state index is 0.0933. The van der Waals surface area contributed by atoms with E-state index in [9.17, 15) is 9.59 Å². The molecule has 1 aliphatic carbocycles. The highest BCUT2D eigenvalue weighted by atomic mass is 16.2. The Bertz CT molecular complexity index is 1310. The first-order valence-electron chi connectivity index (χ1n) is 13.1. The van der Waals surface area contributed by atoms with E-state index in [0.717, 1.165) is 49.3 Å². The summed E-state index contributed by atoms with van der Waals surface area (Å²) in [6, 6.07) is 18.0. The number of aryl methyl sites for hydroxylation is 2. The van der Waals surface area contributed by atoms with Crippen LogP contribution in [0.3, 0.4) is 0 Å². The molecule has 5 rings (SSSR count). The number of fused-ring (bicyclic) bond motifs is 2. The molecule has 0 spiro atoms. The predicted molar refractivity (Wildman–Crippen MR) is 143 cm³/mol. The van der Waals surface area contributed by atoms with Gasteiger partial charge < -0.3 is 9.47 Å². The van der Waals surface area contributed by atoms with E-state index in [1.165, 1.54) is 5.56 Å². The molecule has 1 amide bonds. The minimum Gasteiger partial charge on any atom is -0.342 e. The maximum atomic E-state index is 14.2. The number of benzene rings is 1. The van der Waals surface area contributed by atoms with Crippen LogP contribution in [0.2, 0.25) is 0 Å². The zero-order valence-corrected chi connectivity index (χ0v) is 22.0. The Morgan fingerprint density at radius 2 is 1.78 bits per heavy atom. The van der Waals surface area contributed by atoms with Crippen molar-refractivity contribution in [3.05, 3.63) is 99.2 Å². The number of amides is 1. The van der Waals surface area contributed by atoms with E-state index in [1.807, 2.05) is 48.2 Å². The van der Waals surface area contributed by atoms with Crippen LogP contribution in [0.4, 0.5) is 0 Å². The number of carbonyl (C=O) groups excluding carboxylic acids is 1. The molecule has 36 heavy (non-hydrogen) atoms. The molecule has 2 bridgehead atoms. The monoisotopic (exact) mass is 483 g/mol. The lowest BCUT2D eigenvalue weighted by Gasteiger charge is -2.39. The third kappa shape index (κ3) is 4.88. The normalized spacial score (nSPS) is 22.6. The van der Waals surface area contributed by atoms with Crippen LogP contribution >= 0.6 is 0 Å². The van der Waals surface area contributed by atoms with Gasteiger partial charge in [0.25, 0.3) is 5.91 Å². The van der Waals surface area contributed by atoms with Crippen molar-refractivity contribution in [2.75, 3.05) is 6.54 Å². The van der Waals surface area contributed by atoms with Gasteiger partial charge in [-0.1, -0.05) is 57.2 Å². The van der Waals surface area contributed by atoms with Gasteiger partial charge >= 0.3 is 0 Å². The molecule has 2 atom stereocenters. The average molecular weight is 484 g/mol. The van der Waals surface area contributed by atoms with Crippen LogP contribution in [-0.2, 0) is 19.4 Å². The van der Waals surface area contributed by atoms with Crippen molar-refractivity contribution in [3.63, 3.8) is 0 Å². The first-order valence-corrected chi connectivity index (χ1v) is 13.1. The second-order valence-electron chi connectivity index (χ2n) is 12.0. The largest absolute Gasteiger partial charge is 0.342 e. The summed E-state index contributed by atoms with van der Waals surface area (Å²) in [6.45, 7) is 10.1. The molecule has 3 aromatic rings. The Balaban J connectivity index is 1.57. The van der Waals surface area contributed by atoms with Gasteiger partial charge in [0.2, 0.25) is 0 Å². The summed E-state index contributed by atoms with van der Waals surface area (Å²) in [5.74, 6) is -0.0933. The molecule has 2 aliphatic rings. The second kappa shape index (κ2) is 9.34. The van der Waals surface area contributed by atoms with Crippen LogP contribution in [0, 0.1) is 17.8 Å². The van der Waals surface area contributed by atoms with Gasteiger partial charge in [-0.2, -0.15) is 0 Å². The zero-order chi connectivity index (χ0) is 25.5. The van der Waals surface area contributed by atoms with Crippen LogP contribution in [0.25, 0.3) is 0 Å². The summed E-state index contributed by atoms with van der Waals surface area (Å²) < 4.78 is 2.13. The molecule has 1 saturated heterocycles. The molecule has 2 fully saturated rings. The molecular weight excluding hydrogens is 446 g/mol. The van der Waals surface area contributed by atoms with Crippen LogP contribution in [-0.4, -0.2) is 32.9 Å². The highest BCUT2D eigenvalue weighted by Crippen LogP contribution is 2.52. The first-order chi connectivity index (χ1) is 17.1. The van der Waals surface area contributed by atoms with Crippen molar-refractivity contribution in [3.8, 4) is 0 Å². The van der Waals surface area contributed by atoms with E-state index < -0.39 is 0 Å². The fourth-order valence-corrected chi connectivity index (χ4v) is 6.94. The third-order valence-corrected chi connectivity index (χ3v) is 8.06. The van der Waals surface area contributed by atoms with Gasteiger partial charge in [0.05, 0.1) is 12.2 Å². The SMILES string of the molecule is Cc1cc(=O)c(C(=O)N2C[C@]3(C)C[C@@H]2CC(C)(C)C3)c(CCc2ccccc2)n1Cc1ccccn1. The zero-order valence-electron chi connectivity index (χ0n) is 22.0. The molecule has 1 aliphatic heterocycles. The van der Waals surface area contributed by atoms with Crippen LogP contribution in [0.15, 0.2) is 65.6 Å². The number of hydrogen-bond donors (Lipinski definition) is 0. The van der Waals surface area contributed by atoms with E-state index in [2.05, 4.69) is 42.5 Å². The highest BCUT2D eigenvalue weighted by Gasteiger charge is 2.51. The highest BCUT2D eigenvalue weighted by molar-refractivity contribution is 5.96. The van der Waals surface area contributed by atoms with Gasteiger partial charge in [-0.05, 0) is 67.6 Å². The molecule has 2 aromatic heterocycles. The molecule has 0 radical (unpaired) electrons. The Hall–Kier alpha value is -3.21. The summed E-state index contributed by atoms with van der Waals surface area (Å²) in [7, 11) is 0. The third-order valence-electron chi connectivity index (χ3n) is 8.06. The van der Waals surface area contributed by atoms with Crippen molar-refractivity contribution in [2.24, 2.45) is 10.8 Å². The maximum Gasteiger partial charge on any atom is 0.259 e. The number of hydrogen-bond acceptors (Lipinski definition) is 3. The number of aromatic nitrogens is 2. The Morgan fingerprint density at radius 1 is 1.03 bits per heavy atom. The van der Waals surface area contributed by atoms with Crippen LogP contribution < -0.4 is 5.43 Å². The second-order valence-corrected chi connectivity index (χ2v) is 12.0. The molecule has 0 unspecified atom stereocenters. The predicted octanol–water partition coefficient (Wildman–Crippen LogP) is 5.43. The lowest BCUT2D eigenvalue weighted by Crippen LogP contribution is -2.41. The quantitative estimate of drug-likeness (QED) is 0.470. The van der Waals surface area contributed by atoms with Gasteiger partial charge in [-0.3, -0.25) is 14.6 Å². The summed E-state index contributed by atoms with van der Waals surface area (Å²) in [5.41, 5.74) is 4.30. The number of carbonyl (C=O) groups is 1. The van der Waals surface area contributed by atoms with Crippen molar-refractivity contribution in [2.45, 2.75) is 72.4 Å². The lowest BCUT2D eigenvalue weighted by molar-refractivity contribution is 0.0704. The maximum absolute atomic E-state index is 14.2. The van der Waals surface area contributed by atoms with Gasteiger partial charge in [0.15, 0.2) is 5.43 Å². The van der Waals surface area contributed by atoms with Gasteiger partial charge in [-0.15, -0.1) is 0 Å². The number of pyridine rings is 2. The van der Waals surface area contributed by atoms with Crippen molar-refractivity contribution < 1.29 is 4.79 Å². The molecule has 5 heteroatoms. The van der Waals surface area contributed by atoms with E-state index in [-0.39, 0.29) is 28.2 Å². The van der Waals surface area contributed by atoms with E-state index >= 15 is 0 Å². The summed E-state index contributed by atoms with van der Waals surface area (Å²) in [4.78, 5) is 34.3. The molecule has 3 heterocycles. The molecule has 5 nitrogen and oxygen atoms in total.